The van der Waals surface area contributed by atoms with E-state index in [1.165, 1.54) is 19.3 Å². The van der Waals surface area contributed by atoms with Crippen LogP contribution in [0.5, 0.6) is 0 Å². The molecule has 0 aliphatic heterocycles. The van der Waals surface area contributed by atoms with Gasteiger partial charge in [-0.3, -0.25) is 0 Å². The molecule has 7 heteroatoms. The second-order valence-electron chi connectivity index (χ2n) is 5.74. The molecule has 0 spiro atoms. The van der Waals surface area contributed by atoms with Crippen LogP contribution in [0.3, 0.4) is 0 Å². The van der Waals surface area contributed by atoms with Gasteiger partial charge in [0, 0.05) is 6.04 Å². The van der Waals surface area contributed by atoms with E-state index in [1.54, 1.807) is 6.92 Å². The van der Waals surface area contributed by atoms with Crippen molar-refractivity contribution in [2.75, 3.05) is 5.32 Å². The van der Waals surface area contributed by atoms with Gasteiger partial charge in [-0.2, -0.15) is 4.98 Å². The maximum Gasteiger partial charge on any atom is 0.349 e. The number of hydrogen-bond donors (Lipinski definition) is 2. The lowest BCUT2D eigenvalue weighted by Gasteiger charge is -2.12. The predicted molar refractivity (Wildman–Crippen MR) is 91.7 cm³/mol. The topological polar surface area (TPSA) is 92.4 Å². The molecule has 2 rings (SSSR count). The highest BCUT2D eigenvalue weighted by Gasteiger charge is 2.20. The molecule has 0 aliphatic carbocycles. The fraction of sp³-hybridized carbons (Fsp3) is 0.562. The molecule has 0 bridgehead atoms. The fourth-order valence-electron chi connectivity index (χ4n) is 2.50. The first kappa shape index (κ1) is 17.5. The zero-order chi connectivity index (χ0) is 17.0. The number of unbranched alkanes of at least 4 members (excludes halogenated alkanes) is 3. The van der Waals surface area contributed by atoms with Gasteiger partial charge < -0.3 is 14.8 Å². The van der Waals surface area contributed by atoms with Crippen molar-refractivity contribution in [1.29, 1.82) is 0 Å². The van der Waals surface area contributed by atoms with E-state index in [2.05, 4.69) is 17.2 Å². The summed E-state index contributed by atoms with van der Waals surface area (Å²) in [5.41, 5.74) is -0.130. The summed E-state index contributed by atoms with van der Waals surface area (Å²) in [6, 6.07) is 0.295. The second kappa shape index (κ2) is 7.59. The minimum Gasteiger partial charge on any atom is -0.477 e. The quantitative estimate of drug-likeness (QED) is 0.706. The lowest BCUT2D eigenvalue weighted by molar-refractivity contribution is 0.0701. The van der Waals surface area contributed by atoms with Gasteiger partial charge in [-0.1, -0.05) is 32.6 Å². The maximum absolute atomic E-state index is 12.1. The van der Waals surface area contributed by atoms with Crippen molar-refractivity contribution in [2.45, 2.75) is 58.9 Å². The second-order valence-corrected chi connectivity index (χ2v) is 6.74. The summed E-state index contributed by atoms with van der Waals surface area (Å²) in [5, 5.41) is 12.5. The van der Waals surface area contributed by atoms with Crippen molar-refractivity contribution in [3.8, 4) is 0 Å². The highest BCUT2D eigenvalue weighted by atomic mass is 32.1. The van der Waals surface area contributed by atoms with Crippen molar-refractivity contribution < 1.29 is 14.3 Å². The van der Waals surface area contributed by atoms with Crippen LogP contribution in [0.15, 0.2) is 9.21 Å². The molecule has 126 valence electrons. The Bertz CT molecular complexity index is 750. The SMILES string of the molecule is CCCCCCC(C)Nc1nc2sc(C(=O)O)c(C)c2c(=O)o1. The van der Waals surface area contributed by atoms with Gasteiger partial charge >= 0.3 is 11.6 Å². The number of nitrogens with one attached hydrogen (secondary N) is 1. The highest BCUT2D eigenvalue weighted by Crippen LogP contribution is 2.28. The molecule has 0 radical (unpaired) electrons. The molecule has 1 unspecified atom stereocenters. The molecule has 2 heterocycles. The average molecular weight is 338 g/mol. The largest absolute Gasteiger partial charge is 0.477 e. The van der Waals surface area contributed by atoms with Crippen LogP contribution in [0.4, 0.5) is 6.01 Å². The summed E-state index contributed by atoms with van der Waals surface area (Å²) >= 11 is 1.00. The molecule has 23 heavy (non-hydrogen) atoms. The van der Waals surface area contributed by atoms with Gasteiger partial charge in [-0.05, 0) is 25.8 Å². The standard InChI is InChI=1S/C16H22N2O4S/c1-4-5-6-7-8-9(2)17-16-18-13-11(15(21)22-16)10(3)12(23-13)14(19)20/h9H,4-8H2,1-3H3,(H,17,18)(H,19,20). The average Bonchev–Trinajstić information content (AvgIpc) is 2.81. The third-order valence-corrected chi connectivity index (χ3v) is 4.95. The molecular weight excluding hydrogens is 316 g/mol. The number of carboxylic acids is 1. The first-order chi connectivity index (χ1) is 10.9. The Morgan fingerprint density at radius 2 is 2.13 bits per heavy atom. The Morgan fingerprint density at radius 3 is 2.78 bits per heavy atom. The zero-order valence-corrected chi connectivity index (χ0v) is 14.5. The van der Waals surface area contributed by atoms with Crippen LogP contribution >= 0.6 is 11.3 Å². The van der Waals surface area contributed by atoms with E-state index in [0.717, 1.165) is 24.2 Å². The number of hydrogen-bond acceptors (Lipinski definition) is 6. The van der Waals surface area contributed by atoms with Crippen LogP contribution in [0.25, 0.3) is 10.2 Å². The van der Waals surface area contributed by atoms with Gasteiger partial charge in [0.25, 0.3) is 6.01 Å². The third kappa shape index (κ3) is 4.10. The van der Waals surface area contributed by atoms with Gasteiger partial charge in [0.2, 0.25) is 0 Å². The van der Waals surface area contributed by atoms with Crippen LogP contribution in [0.1, 0.15) is 61.2 Å². The van der Waals surface area contributed by atoms with Crippen molar-refractivity contribution in [1.82, 2.24) is 4.98 Å². The Kier molecular flexibility index (Phi) is 5.76. The predicted octanol–water partition coefficient (Wildman–Crippen LogP) is 4.03. The van der Waals surface area contributed by atoms with E-state index in [-0.39, 0.29) is 22.3 Å². The van der Waals surface area contributed by atoms with Crippen LogP contribution in [-0.2, 0) is 0 Å². The van der Waals surface area contributed by atoms with Gasteiger partial charge in [0.15, 0.2) is 0 Å². The summed E-state index contributed by atoms with van der Waals surface area (Å²) in [6.45, 7) is 5.79. The normalized spacial score (nSPS) is 12.5. The number of nitrogens with zero attached hydrogens (tertiary/aromatic N) is 1. The first-order valence-corrected chi connectivity index (χ1v) is 8.69. The summed E-state index contributed by atoms with van der Waals surface area (Å²) in [7, 11) is 0. The van der Waals surface area contributed by atoms with Crippen molar-refractivity contribution in [2.24, 2.45) is 0 Å². The van der Waals surface area contributed by atoms with Crippen molar-refractivity contribution in [3.63, 3.8) is 0 Å². The lowest BCUT2D eigenvalue weighted by Crippen LogP contribution is -2.17. The van der Waals surface area contributed by atoms with E-state index in [9.17, 15) is 9.59 Å². The molecule has 0 fully saturated rings. The van der Waals surface area contributed by atoms with Crippen LogP contribution in [0, 0.1) is 6.92 Å². The molecular formula is C16H22N2O4S. The highest BCUT2D eigenvalue weighted by molar-refractivity contribution is 7.20. The molecule has 2 aromatic rings. The van der Waals surface area contributed by atoms with E-state index in [4.69, 9.17) is 9.52 Å². The molecule has 0 amide bonds. The smallest absolute Gasteiger partial charge is 0.349 e. The summed E-state index contributed by atoms with van der Waals surface area (Å²) in [4.78, 5) is 28.1. The monoisotopic (exact) mass is 338 g/mol. The van der Waals surface area contributed by atoms with E-state index in [0.29, 0.717) is 10.4 Å². The number of carboxylic acid groups (broad SMARTS) is 1. The third-order valence-electron chi connectivity index (χ3n) is 3.78. The Morgan fingerprint density at radius 1 is 1.39 bits per heavy atom. The molecule has 0 aliphatic rings. The number of aromatic nitrogens is 1. The fourth-order valence-corrected chi connectivity index (χ4v) is 3.50. The van der Waals surface area contributed by atoms with E-state index >= 15 is 0 Å². The number of aryl methyl sites for hydroxylation is 1. The van der Waals surface area contributed by atoms with Crippen LogP contribution in [0.2, 0.25) is 0 Å². The van der Waals surface area contributed by atoms with Gasteiger partial charge in [0.05, 0.1) is 0 Å². The minimum absolute atomic E-state index is 0.129. The van der Waals surface area contributed by atoms with E-state index in [1.807, 2.05) is 6.92 Å². The summed E-state index contributed by atoms with van der Waals surface area (Å²) in [5.74, 6) is -1.05. The number of fused-ring (bicyclic) bond motifs is 1. The van der Waals surface area contributed by atoms with Crippen LogP contribution in [-0.4, -0.2) is 22.1 Å². The maximum atomic E-state index is 12.1. The number of anilines is 1. The minimum atomic E-state index is -1.05. The number of rotatable bonds is 8. The molecule has 2 N–H and O–H groups in total. The Hall–Kier alpha value is -1.89. The molecule has 0 saturated carbocycles. The van der Waals surface area contributed by atoms with E-state index < -0.39 is 11.6 Å². The molecule has 2 aromatic heterocycles. The van der Waals surface area contributed by atoms with Crippen LogP contribution < -0.4 is 10.9 Å². The molecule has 6 nitrogen and oxygen atoms in total. The van der Waals surface area contributed by atoms with Gasteiger partial charge in [0.1, 0.15) is 15.1 Å². The van der Waals surface area contributed by atoms with Crippen molar-refractivity contribution >= 4 is 33.5 Å². The lowest BCUT2D eigenvalue weighted by atomic mass is 10.1. The molecule has 0 saturated heterocycles. The first-order valence-electron chi connectivity index (χ1n) is 7.88. The van der Waals surface area contributed by atoms with Gasteiger partial charge in [-0.25, -0.2) is 9.59 Å². The summed E-state index contributed by atoms with van der Waals surface area (Å²) in [6.07, 6.45) is 5.67. The Balaban J connectivity index is 2.16. The molecule has 0 aromatic carbocycles. The Labute approximate surface area is 138 Å². The zero-order valence-electron chi connectivity index (χ0n) is 13.6. The van der Waals surface area contributed by atoms with Crippen molar-refractivity contribution in [3.05, 3.63) is 20.9 Å². The summed E-state index contributed by atoms with van der Waals surface area (Å²) < 4.78 is 5.20. The number of carbonyl (C=O) groups is 1. The van der Waals surface area contributed by atoms with Gasteiger partial charge in [-0.15, -0.1) is 11.3 Å². The number of aromatic carboxylic acids is 1. The molecule has 1 atom stereocenters. The number of thiophene rings is 1.